The molecule has 60 valence electrons. The normalized spacial score (nSPS) is 10.1. The Morgan fingerprint density at radius 3 is 2.91 bits per heavy atom. The topological polar surface area (TPSA) is 38.9 Å². The molecular formula is C7H8ClFN2. The van der Waals surface area contributed by atoms with Gasteiger partial charge in [0.1, 0.15) is 0 Å². The van der Waals surface area contributed by atoms with Gasteiger partial charge in [-0.3, -0.25) is 0 Å². The van der Waals surface area contributed by atoms with Crippen LogP contribution in [-0.4, -0.2) is 11.5 Å². The van der Waals surface area contributed by atoms with Crippen LogP contribution in [0.25, 0.3) is 0 Å². The number of halogens is 2. The lowest BCUT2D eigenvalue weighted by atomic mass is 10.2. The summed E-state index contributed by atoms with van der Waals surface area (Å²) < 4.78 is 12.4. The highest BCUT2D eigenvalue weighted by Gasteiger charge is 2.00. The van der Waals surface area contributed by atoms with Crippen molar-refractivity contribution in [2.45, 2.75) is 6.42 Å². The van der Waals surface area contributed by atoms with Crippen LogP contribution in [0.4, 0.5) is 4.39 Å². The van der Waals surface area contributed by atoms with E-state index in [0.29, 0.717) is 18.0 Å². The molecule has 0 amide bonds. The lowest BCUT2D eigenvalue weighted by molar-refractivity contribution is 0.582. The van der Waals surface area contributed by atoms with Crippen LogP contribution < -0.4 is 5.73 Å². The first kappa shape index (κ1) is 8.43. The van der Waals surface area contributed by atoms with Crippen molar-refractivity contribution >= 4 is 11.6 Å². The largest absolute Gasteiger partial charge is 0.330 e. The van der Waals surface area contributed by atoms with Gasteiger partial charge < -0.3 is 5.73 Å². The molecule has 1 aromatic rings. The van der Waals surface area contributed by atoms with Gasteiger partial charge in [-0.2, -0.15) is 4.39 Å². The van der Waals surface area contributed by atoms with Crippen LogP contribution in [0.15, 0.2) is 12.3 Å². The summed E-state index contributed by atoms with van der Waals surface area (Å²) in [6.07, 6.45) is 2.04. The van der Waals surface area contributed by atoms with E-state index in [1.807, 2.05) is 0 Å². The Morgan fingerprint density at radius 1 is 1.64 bits per heavy atom. The molecule has 0 bridgehead atoms. The number of nitrogens with two attached hydrogens (primary N) is 1. The molecule has 1 rings (SSSR count). The highest BCUT2D eigenvalue weighted by molar-refractivity contribution is 6.31. The fourth-order valence-electron chi connectivity index (χ4n) is 0.775. The summed E-state index contributed by atoms with van der Waals surface area (Å²) in [5.41, 5.74) is 6.07. The quantitative estimate of drug-likeness (QED) is 0.688. The Balaban J connectivity index is 2.90. The molecule has 0 aliphatic heterocycles. The summed E-state index contributed by atoms with van der Waals surface area (Å²) in [5, 5.41) is 0.392. The maximum atomic E-state index is 12.4. The molecule has 2 N–H and O–H groups in total. The Bertz CT molecular complexity index is 252. The molecule has 0 aromatic carbocycles. The number of pyridine rings is 1. The van der Waals surface area contributed by atoms with Crippen LogP contribution in [0.3, 0.4) is 0 Å². The minimum Gasteiger partial charge on any atom is -0.330 e. The van der Waals surface area contributed by atoms with Crippen molar-refractivity contribution in [3.8, 4) is 0 Å². The summed E-state index contributed by atoms with van der Waals surface area (Å²) in [4.78, 5) is 3.45. The van der Waals surface area contributed by atoms with E-state index in [-0.39, 0.29) is 0 Å². The van der Waals surface area contributed by atoms with Crippen molar-refractivity contribution in [2.75, 3.05) is 6.54 Å². The molecule has 1 aromatic heterocycles. The van der Waals surface area contributed by atoms with Gasteiger partial charge in [-0.25, -0.2) is 4.98 Å². The molecule has 1 heterocycles. The Hall–Kier alpha value is -0.670. The lowest BCUT2D eigenvalue weighted by Crippen LogP contribution is -2.03. The first-order valence-electron chi connectivity index (χ1n) is 3.24. The molecule has 0 atom stereocenters. The maximum absolute atomic E-state index is 12.4. The third-order valence-electron chi connectivity index (χ3n) is 1.31. The third kappa shape index (κ3) is 2.13. The Labute approximate surface area is 69.2 Å². The lowest BCUT2D eigenvalue weighted by Gasteiger charge is -1.99. The summed E-state index contributed by atoms with van der Waals surface area (Å²) in [5.74, 6) is -0.559. The van der Waals surface area contributed by atoms with E-state index >= 15 is 0 Å². The van der Waals surface area contributed by atoms with Gasteiger partial charge in [0, 0.05) is 17.3 Å². The van der Waals surface area contributed by atoms with Crippen molar-refractivity contribution in [1.29, 1.82) is 0 Å². The van der Waals surface area contributed by atoms with Crippen molar-refractivity contribution < 1.29 is 4.39 Å². The first-order chi connectivity index (χ1) is 5.24. The summed E-state index contributed by atoms with van der Waals surface area (Å²) in [6, 6.07) is 1.19. The fourth-order valence-corrected chi connectivity index (χ4v) is 1.01. The number of rotatable bonds is 2. The number of hydrogen-bond acceptors (Lipinski definition) is 2. The predicted molar refractivity (Wildman–Crippen MR) is 42.0 cm³/mol. The highest BCUT2D eigenvalue weighted by atomic mass is 35.5. The minimum absolute atomic E-state index is 0.392. The SMILES string of the molecule is NCCc1cnc(F)cc1Cl. The molecule has 0 spiro atoms. The summed E-state index contributed by atoms with van der Waals surface area (Å²) >= 11 is 5.67. The second-order valence-corrected chi connectivity index (χ2v) is 2.54. The van der Waals surface area contributed by atoms with Crippen LogP contribution in [-0.2, 0) is 6.42 Å². The molecular weight excluding hydrogens is 167 g/mol. The number of hydrogen-bond donors (Lipinski definition) is 1. The molecule has 0 aliphatic rings. The molecule has 0 aliphatic carbocycles. The van der Waals surface area contributed by atoms with E-state index in [0.717, 1.165) is 5.56 Å². The Morgan fingerprint density at radius 2 is 2.36 bits per heavy atom. The van der Waals surface area contributed by atoms with Gasteiger partial charge in [0.25, 0.3) is 0 Å². The second kappa shape index (κ2) is 3.64. The maximum Gasteiger partial charge on any atom is 0.214 e. The Kier molecular flexibility index (Phi) is 2.79. The van der Waals surface area contributed by atoms with E-state index < -0.39 is 5.95 Å². The average molecular weight is 175 g/mol. The standard InChI is InChI=1S/C7H8ClFN2/c8-6-3-7(9)11-4-5(6)1-2-10/h3-4H,1-2,10H2. The van der Waals surface area contributed by atoms with Gasteiger partial charge in [-0.05, 0) is 18.5 Å². The highest BCUT2D eigenvalue weighted by Crippen LogP contribution is 2.14. The van der Waals surface area contributed by atoms with Gasteiger partial charge in [0.15, 0.2) is 0 Å². The van der Waals surface area contributed by atoms with Crippen LogP contribution in [0, 0.1) is 5.95 Å². The summed E-state index contributed by atoms with van der Waals surface area (Å²) in [6.45, 7) is 0.493. The smallest absolute Gasteiger partial charge is 0.214 e. The zero-order valence-electron chi connectivity index (χ0n) is 5.85. The van der Waals surface area contributed by atoms with E-state index in [4.69, 9.17) is 17.3 Å². The number of nitrogens with zero attached hydrogens (tertiary/aromatic N) is 1. The molecule has 4 heteroatoms. The van der Waals surface area contributed by atoms with Gasteiger partial charge in [-0.1, -0.05) is 11.6 Å². The first-order valence-corrected chi connectivity index (χ1v) is 3.62. The fraction of sp³-hybridized carbons (Fsp3) is 0.286. The molecule has 0 unspecified atom stereocenters. The molecule has 0 saturated carbocycles. The molecule has 0 radical (unpaired) electrons. The van der Waals surface area contributed by atoms with E-state index in [1.54, 1.807) is 0 Å². The van der Waals surface area contributed by atoms with Crippen molar-refractivity contribution in [3.63, 3.8) is 0 Å². The van der Waals surface area contributed by atoms with E-state index in [1.165, 1.54) is 12.3 Å². The summed E-state index contributed by atoms with van der Waals surface area (Å²) in [7, 11) is 0. The molecule has 0 fully saturated rings. The van der Waals surface area contributed by atoms with Gasteiger partial charge in [0.05, 0.1) is 0 Å². The van der Waals surface area contributed by atoms with Gasteiger partial charge >= 0.3 is 0 Å². The number of aromatic nitrogens is 1. The molecule has 0 saturated heterocycles. The van der Waals surface area contributed by atoms with Gasteiger partial charge in [-0.15, -0.1) is 0 Å². The molecule has 11 heavy (non-hydrogen) atoms. The van der Waals surface area contributed by atoms with Crippen LogP contribution >= 0.6 is 11.6 Å². The predicted octanol–water partition coefficient (Wildman–Crippen LogP) is 1.38. The average Bonchev–Trinajstić information content (AvgIpc) is 1.95. The van der Waals surface area contributed by atoms with Crippen LogP contribution in [0.1, 0.15) is 5.56 Å². The van der Waals surface area contributed by atoms with Gasteiger partial charge in [0.2, 0.25) is 5.95 Å². The van der Waals surface area contributed by atoms with Crippen molar-refractivity contribution in [2.24, 2.45) is 5.73 Å². The van der Waals surface area contributed by atoms with E-state index in [9.17, 15) is 4.39 Å². The van der Waals surface area contributed by atoms with Crippen molar-refractivity contribution in [3.05, 3.63) is 28.8 Å². The second-order valence-electron chi connectivity index (χ2n) is 2.14. The zero-order chi connectivity index (χ0) is 8.27. The van der Waals surface area contributed by atoms with Crippen molar-refractivity contribution in [1.82, 2.24) is 4.98 Å². The van der Waals surface area contributed by atoms with Crippen LogP contribution in [0.5, 0.6) is 0 Å². The molecule has 2 nitrogen and oxygen atoms in total. The van der Waals surface area contributed by atoms with E-state index in [2.05, 4.69) is 4.98 Å². The monoisotopic (exact) mass is 174 g/mol. The van der Waals surface area contributed by atoms with Crippen LogP contribution in [0.2, 0.25) is 5.02 Å². The third-order valence-corrected chi connectivity index (χ3v) is 1.66. The zero-order valence-corrected chi connectivity index (χ0v) is 6.61. The minimum atomic E-state index is -0.559.